The molecule has 0 heterocycles. The molecule has 1 aromatic carbocycles. The first-order chi connectivity index (χ1) is 9.36. The van der Waals surface area contributed by atoms with E-state index in [9.17, 15) is 23.7 Å². The largest absolute Gasteiger partial charge is 0.480 e. The van der Waals surface area contributed by atoms with Gasteiger partial charge in [0, 0.05) is 12.1 Å². The number of halogens is 2. The van der Waals surface area contributed by atoms with E-state index >= 15 is 0 Å². The fourth-order valence-electron chi connectivity index (χ4n) is 1.71. The Hall–Kier alpha value is -2.25. The van der Waals surface area contributed by atoms with Crippen LogP contribution in [-0.2, 0) is 4.79 Å². The van der Waals surface area contributed by atoms with E-state index in [1.807, 2.05) is 6.92 Å². The number of hydrogen-bond acceptors (Lipinski definition) is 4. The first-order valence-electron chi connectivity index (χ1n) is 5.99. The molecule has 0 aromatic heterocycles. The number of nitro groups is 1. The Labute approximate surface area is 113 Å². The number of hydrogen-bond donors (Lipinski definition) is 2. The van der Waals surface area contributed by atoms with Gasteiger partial charge in [-0.1, -0.05) is 19.8 Å². The lowest BCUT2D eigenvalue weighted by Crippen LogP contribution is -2.29. The van der Waals surface area contributed by atoms with Crippen molar-refractivity contribution in [2.24, 2.45) is 0 Å². The summed E-state index contributed by atoms with van der Waals surface area (Å²) in [5.41, 5.74) is -1.44. The van der Waals surface area contributed by atoms with E-state index in [4.69, 9.17) is 5.11 Å². The molecule has 0 saturated carbocycles. The van der Waals surface area contributed by atoms with Gasteiger partial charge in [-0.3, -0.25) is 10.1 Å². The highest BCUT2D eigenvalue weighted by atomic mass is 19.1. The van der Waals surface area contributed by atoms with Crippen molar-refractivity contribution in [2.45, 2.75) is 32.2 Å². The zero-order valence-corrected chi connectivity index (χ0v) is 10.7. The zero-order valence-electron chi connectivity index (χ0n) is 10.7. The quantitative estimate of drug-likeness (QED) is 0.594. The second kappa shape index (κ2) is 6.78. The summed E-state index contributed by atoms with van der Waals surface area (Å²) in [6, 6.07) is -0.0522. The molecule has 0 spiro atoms. The molecule has 20 heavy (non-hydrogen) atoms. The lowest BCUT2D eigenvalue weighted by atomic mass is 10.1. The van der Waals surface area contributed by atoms with Crippen molar-refractivity contribution in [1.29, 1.82) is 0 Å². The van der Waals surface area contributed by atoms with Crippen molar-refractivity contribution < 1.29 is 23.6 Å². The van der Waals surface area contributed by atoms with E-state index in [1.54, 1.807) is 0 Å². The molecule has 0 amide bonds. The zero-order chi connectivity index (χ0) is 15.3. The second-order valence-corrected chi connectivity index (χ2v) is 4.22. The summed E-state index contributed by atoms with van der Waals surface area (Å²) in [4.78, 5) is 20.8. The Morgan fingerprint density at radius 1 is 1.50 bits per heavy atom. The number of nitrogens with one attached hydrogen (secondary N) is 1. The fourth-order valence-corrected chi connectivity index (χ4v) is 1.71. The molecule has 0 aliphatic heterocycles. The van der Waals surface area contributed by atoms with Crippen LogP contribution in [0.25, 0.3) is 0 Å². The summed E-state index contributed by atoms with van der Waals surface area (Å²) in [5, 5.41) is 22.1. The first kappa shape index (κ1) is 15.8. The van der Waals surface area contributed by atoms with Gasteiger partial charge in [0.2, 0.25) is 5.82 Å². The number of rotatable bonds is 7. The summed E-state index contributed by atoms with van der Waals surface area (Å²) >= 11 is 0. The van der Waals surface area contributed by atoms with Crippen LogP contribution in [0, 0.1) is 21.7 Å². The molecule has 8 heteroatoms. The van der Waals surface area contributed by atoms with Crippen LogP contribution in [-0.4, -0.2) is 22.0 Å². The number of nitro benzene ring substituents is 1. The highest BCUT2D eigenvalue weighted by molar-refractivity contribution is 5.79. The maximum atomic E-state index is 13.4. The minimum Gasteiger partial charge on any atom is -0.480 e. The summed E-state index contributed by atoms with van der Waals surface area (Å²) in [5.74, 6) is -3.61. The predicted molar refractivity (Wildman–Crippen MR) is 67.6 cm³/mol. The Balaban J connectivity index is 3.11. The SMILES string of the molecule is CCCCC(Nc1cc(F)cc(F)c1[N+](=O)[O-])C(=O)O. The molecule has 0 saturated heterocycles. The van der Waals surface area contributed by atoms with E-state index < -0.39 is 39.9 Å². The van der Waals surface area contributed by atoms with Crippen molar-refractivity contribution in [2.75, 3.05) is 5.32 Å². The molecular weight excluding hydrogens is 274 g/mol. The molecule has 1 unspecified atom stereocenters. The Morgan fingerprint density at radius 3 is 2.65 bits per heavy atom. The second-order valence-electron chi connectivity index (χ2n) is 4.22. The Morgan fingerprint density at radius 2 is 2.15 bits per heavy atom. The van der Waals surface area contributed by atoms with Gasteiger partial charge in [-0.25, -0.2) is 9.18 Å². The number of carbonyl (C=O) groups is 1. The van der Waals surface area contributed by atoms with Gasteiger partial charge in [-0.05, 0) is 6.42 Å². The molecule has 2 N–H and O–H groups in total. The topological polar surface area (TPSA) is 92.5 Å². The van der Waals surface area contributed by atoms with E-state index in [0.29, 0.717) is 18.6 Å². The van der Waals surface area contributed by atoms with Crippen molar-refractivity contribution in [1.82, 2.24) is 0 Å². The van der Waals surface area contributed by atoms with Crippen LogP contribution in [0.3, 0.4) is 0 Å². The van der Waals surface area contributed by atoms with Crippen molar-refractivity contribution in [3.05, 3.63) is 33.9 Å². The number of benzene rings is 1. The summed E-state index contributed by atoms with van der Waals surface area (Å²) in [6.45, 7) is 1.85. The number of nitrogens with zero attached hydrogens (tertiary/aromatic N) is 1. The van der Waals surface area contributed by atoms with Gasteiger partial charge in [-0.2, -0.15) is 4.39 Å². The lowest BCUT2D eigenvalue weighted by Gasteiger charge is -2.15. The van der Waals surface area contributed by atoms with Crippen molar-refractivity contribution in [3.63, 3.8) is 0 Å². The normalized spacial score (nSPS) is 11.9. The molecule has 1 rings (SSSR count). The highest BCUT2D eigenvalue weighted by Crippen LogP contribution is 2.29. The smallest absolute Gasteiger partial charge is 0.327 e. The monoisotopic (exact) mass is 288 g/mol. The van der Waals surface area contributed by atoms with E-state index in [2.05, 4.69) is 5.32 Å². The van der Waals surface area contributed by atoms with Crippen LogP contribution in [0.4, 0.5) is 20.2 Å². The van der Waals surface area contributed by atoms with Crippen LogP contribution in [0.1, 0.15) is 26.2 Å². The molecule has 0 bridgehead atoms. The molecule has 1 aromatic rings. The van der Waals surface area contributed by atoms with Crippen LogP contribution in [0.5, 0.6) is 0 Å². The number of unbranched alkanes of at least 4 members (excludes halogenated alkanes) is 1. The van der Waals surface area contributed by atoms with Crippen LogP contribution >= 0.6 is 0 Å². The van der Waals surface area contributed by atoms with Gasteiger partial charge >= 0.3 is 11.7 Å². The maximum Gasteiger partial charge on any atom is 0.327 e. The number of anilines is 1. The van der Waals surface area contributed by atoms with E-state index in [0.717, 1.165) is 6.42 Å². The minimum absolute atomic E-state index is 0.196. The fraction of sp³-hybridized carbons (Fsp3) is 0.417. The lowest BCUT2D eigenvalue weighted by molar-refractivity contribution is -0.386. The van der Waals surface area contributed by atoms with Gasteiger partial charge in [0.25, 0.3) is 0 Å². The third-order valence-corrected chi connectivity index (χ3v) is 2.68. The molecule has 0 radical (unpaired) electrons. The molecule has 6 nitrogen and oxygen atoms in total. The Bertz CT molecular complexity index is 522. The number of aliphatic carboxylic acids is 1. The minimum atomic E-state index is -1.35. The van der Waals surface area contributed by atoms with Crippen molar-refractivity contribution in [3.8, 4) is 0 Å². The molecule has 110 valence electrons. The standard InChI is InChI=1S/C12H14F2N2O4/c1-2-3-4-9(12(17)18)15-10-6-7(13)5-8(14)11(10)16(19)20/h5-6,9,15H,2-4H2,1H3,(H,17,18). The third-order valence-electron chi connectivity index (χ3n) is 2.68. The number of carboxylic acid groups (broad SMARTS) is 1. The van der Waals surface area contributed by atoms with Crippen LogP contribution < -0.4 is 5.32 Å². The van der Waals surface area contributed by atoms with Crippen molar-refractivity contribution >= 4 is 17.3 Å². The van der Waals surface area contributed by atoms with Gasteiger partial charge < -0.3 is 10.4 Å². The number of carboxylic acids is 1. The molecular formula is C12H14F2N2O4. The van der Waals surface area contributed by atoms with Crippen LogP contribution in [0.2, 0.25) is 0 Å². The summed E-state index contributed by atoms with van der Waals surface area (Å²) < 4.78 is 26.5. The van der Waals surface area contributed by atoms with Gasteiger partial charge in [0.1, 0.15) is 17.5 Å². The molecule has 1 atom stereocenters. The van der Waals surface area contributed by atoms with Gasteiger partial charge in [0.15, 0.2) is 0 Å². The van der Waals surface area contributed by atoms with E-state index in [-0.39, 0.29) is 6.42 Å². The summed E-state index contributed by atoms with van der Waals surface area (Å²) in [6.07, 6.45) is 1.49. The summed E-state index contributed by atoms with van der Waals surface area (Å²) in [7, 11) is 0. The van der Waals surface area contributed by atoms with Gasteiger partial charge in [0.05, 0.1) is 4.92 Å². The average molecular weight is 288 g/mol. The Kier molecular flexibility index (Phi) is 5.36. The third kappa shape index (κ3) is 3.87. The van der Waals surface area contributed by atoms with Gasteiger partial charge in [-0.15, -0.1) is 0 Å². The average Bonchev–Trinajstić information content (AvgIpc) is 2.32. The molecule has 0 fully saturated rings. The molecule has 0 aliphatic rings. The predicted octanol–water partition coefficient (Wildman–Crippen LogP) is 2.93. The van der Waals surface area contributed by atoms with E-state index in [1.165, 1.54) is 0 Å². The maximum absolute atomic E-state index is 13.4. The van der Waals surface area contributed by atoms with Crippen LogP contribution in [0.15, 0.2) is 12.1 Å². The molecule has 0 aliphatic carbocycles. The first-order valence-corrected chi connectivity index (χ1v) is 5.99. The highest BCUT2D eigenvalue weighted by Gasteiger charge is 2.26.